The van der Waals surface area contributed by atoms with E-state index in [0.29, 0.717) is 5.75 Å². The Balaban J connectivity index is 3.18. The minimum atomic E-state index is -4.28. The molecule has 0 rings (SSSR count). The van der Waals surface area contributed by atoms with Gasteiger partial charge in [0.05, 0.1) is 0 Å². The first kappa shape index (κ1) is 13.2. The van der Waals surface area contributed by atoms with Crippen molar-refractivity contribution in [2.24, 2.45) is 0 Å². The highest BCUT2D eigenvalue weighted by Crippen LogP contribution is 2.09. The molecule has 0 saturated carbocycles. The van der Waals surface area contributed by atoms with Crippen LogP contribution in [-0.2, 0) is 14.0 Å². The minimum Gasteiger partial charge on any atom is -0.309 e. The maximum Gasteiger partial charge on any atom is 0.408 e. The summed E-state index contributed by atoms with van der Waals surface area (Å²) in [5, 5.41) is 0. The van der Waals surface area contributed by atoms with Crippen molar-refractivity contribution in [3.8, 4) is 0 Å². The van der Waals surface area contributed by atoms with E-state index in [9.17, 15) is 8.42 Å². The van der Waals surface area contributed by atoms with E-state index >= 15 is 0 Å². The second-order valence-corrected chi connectivity index (χ2v) is 4.87. The summed E-state index contributed by atoms with van der Waals surface area (Å²) in [7, 11) is -0.327. The maximum absolute atomic E-state index is 10.1. The van der Waals surface area contributed by atoms with Gasteiger partial charge in [-0.15, -0.1) is 0 Å². The summed E-state index contributed by atoms with van der Waals surface area (Å²) in [6.07, 6.45) is 1.84. The average molecular weight is 229 g/mol. The average Bonchev–Trinajstić information content (AvgIpc) is 1.93. The molecule has 0 aromatic carbocycles. The Bertz CT molecular complexity index is 215. The van der Waals surface area contributed by atoms with E-state index in [2.05, 4.69) is 3.63 Å². The molecule has 0 aliphatic carbocycles. The molecular formula is C6H15NO4S2. The van der Waals surface area contributed by atoms with Gasteiger partial charge >= 0.3 is 10.4 Å². The zero-order chi connectivity index (χ0) is 10.3. The molecule has 0 amide bonds. The summed E-state index contributed by atoms with van der Waals surface area (Å²) in [5.41, 5.74) is 0. The Morgan fingerprint density at radius 2 is 2.00 bits per heavy atom. The van der Waals surface area contributed by atoms with Crippen LogP contribution in [0.1, 0.15) is 12.8 Å². The molecule has 0 aromatic heterocycles. The first-order valence-electron chi connectivity index (χ1n) is 3.85. The first-order chi connectivity index (χ1) is 5.92. The molecule has 1 N–H and O–H groups in total. The Morgan fingerprint density at radius 1 is 1.38 bits per heavy atom. The molecule has 0 saturated heterocycles. The molecule has 5 nitrogen and oxygen atoms in total. The molecule has 0 atom stereocenters. The second-order valence-electron chi connectivity index (χ2n) is 2.83. The molecule has 0 unspecified atom stereocenters. The highest BCUT2D eigenvalue weighted by atomic mass is 32.3. The summed E-state index contributed by atoms with van der Waals surface area (Å²) in [6, 6.07) is 0. The van der Waals surface area contributed by atoms with Crippen LogP contribution in [0.25, 0.3) is 0 Å². The molecular weight excluding hydrogens is 214 g/mol. The lowest BCUT2D eigenvalue weighted by atomic mass is 10.3. The fourth-order valence-electron chi connectivity index (χ4n) is 0.684. The van der Waals surface area contributed by atoms with Gasteiger partial charge in [0.2, 0.25) is 0 Å². The fourth-order valence-corrected chi connectivity index (χ4v) is 1.76. The van der Waals surface area contributed by atoms with Gasteiger partial charge in [-0.1, -0.05) is 0 Å². The Kier molecular flexibility index (Phi) is 6.70. The molecule has 0 aromatic rings. The molecule has 0 fully saturated rings. The summed E-state index contributed by atoms with van der Waals surface area (Å²) in [6.45, 7) is 0.965. The van der Waals surface area contributed by atoms with E-state index in [1.54, 1.807) is 0 Å². The molecule has 0 bridgehead atoms. The van der Waals surface area contributed by atoms with Crippen LogP contribution in [0.15, 0.2) is 0 Å². The third-order valence-corrected chi connectivity index (χ3v) is 2.75. The molecule has 0 radical (unpaired) electrons. The molecule has 0 aliphatic rings. The quantitative estimate of drug-likeness (QED) is 0.395. The van der Waals surface area contributed by atoms with Gasteiger partial charge < -0.3 is 4.90 Å². The Labute approximate surface area is 83.6 Å². The van der Waals surface area contributed by atoms with Gasteiger partial charge in [0.25, 0.3) is 0 Å². The summed E-state index contributed by atoms with van der Waals surface area (Å²) >= 11 is 0.755. The smallest absolute Gasteiger partial charge is 0.309 e. The van der Waals surface area contributed by atoms with Crippen LogP contribution in [0, 0.1) is 0 Å². The zero-order valence-electron chi connectivity index (χ0n) is 7.76. The van der Waals surface area contributed by atoms with Crippen LogP contribution in [-0.4, -0.2) is 44.3 Å². The summed E-state index contributed by atoms with van der Waals surface area (Å²) in [4.78, 5) is 2.05. The standard InChI is InChI=1S/C6H15NO4S2/c1-7(2)5-3-4-6-12-11-13(8,9)10/h3-6H2,1-2H3,(H,8,9,10). The highest BCUT2D eigenvalue weighted by molar-refractivity contribution is 8.02. The Morgan fingerprint density at radius 3 is 2.46 bits per heavy atom. The van der Waals surface area contributed by atoms with Crippen LogP contribution in [0.4, 0.5) is 0 Å². The number of hydrogen-bond acceptors (Lipinski definition) is 5. The predicted molar refractivity (Wildman–Crippen MR) is 52.9 cm³/mol. The summed E-state index contributed by atoms with van der Waals surface area (Å²) < 4.78 is 32.4. The van der Waals surface area contributed by atoms with Crippen LogP contribution in [0.5, 0.6) is 0 Å². The van der Waals surface area contributed by atoms with Crippen molar-refractivity contribution in [3.05, 3.63) is 0 Å². The van der Waals surface area contributed by atoms with Gasteiger partial charge in [-0.3, -0.25) is 4.55 Å². The summed E-state index contributed by atoms with van der Waals surface area (Å²) in [5.74, 6) is 0.563. The van der Waals surface area contributed by atoms with Gasteiger partial charge in [0, 0.05) is 17.8 Å². The first-order valence-corrected chi connectivity index (χ1v) is 6.12. The Hall–Kier alpha value is 0.180. The molecule has 13 heavy (non-hydrogen) atoms. The number of hydrogen-bond donors (Lipinski definition) is 1. The van der Waals surface area contributed by atoms with Crippen molar-refractivity contribution in [1.29, 1.82) is 0 Å². The van der Waals surface area contributed by atoms with Crippen molar-refractivity contribution in [2.75, 3.05) is 26.4 Å². The lowest BCUT2D eigenvalue weighted by molar-refractivity contribution is 0.396. The SMILES string of the molecule is CN(C)CCCCSOS(=O)(=O)O. The van der Waals surface area contributed by atoms with Gasteiger partial charge in [-0.2, -0.15) is 12.0 Å². The van der Waals surface area contributed by atoms with Crippen LogP contribution >= 0.6 is 12.0 Å². The van der Waals surface area contributed by atoms with Crippen molar-refractivity contribution in [1.82, 2.24) is 4.90 Å². The molecule has 0 heterocycles. The van der Waals surface area contributed by atoms with Gasteiger partial charge in [0.15, 0.2) is 0 Å². The van der Waals surface area contributed by atoms with Gasteiger partial charge in [-0.25, -0.2) is 0 Å². The lowest BCUT2D eigenvalue weighted by Crippen LogP contribution is -2.12. The molecule has 0 aliphatic heterocycles. The van der Waals surface area contributed by atoms with Crippen LogP contribution in [0.2, 0.25) is 0 Å². The number of unbranched alkanes of at least 4 members (excludes halogenated alkanes) is 1. The van der Waals surface area contributed by atoms with Crippen LogP contribution < -0.4 is 0 Å². The topological polar surface area (TPSA) is 66.8 Å². The predicted octanol–water partition coefficient (Wildman–Crippen LogP) is 0.796. The van der Waals surface area contributed by atoms with Crippen molar-refractivity contribution < 1.29 is 16.6 Å². The lowest BCUT2D eigenvalue weighted by Gasteiger charge is -2.07. The zero-order valence-corrected chi connectivity index (χ0v) is 9.40. The van der Waals surface area contributed by atoms with Crippen molar-refractivity contribution in [3.63, 3.8) is 0 Å². The number of rotatable bonds is 7. The molecule has 0 spiro atoms. The fraction of sp³-hybridized carbons (Fsp3) is 1.00. The molecule has 7 heteroatoms. The van der Waals surface area contributed by atoms with Gasteiger partial charge in [-0.05, 0) is 33.5 Å². The second kappa shape index (κ2) is 6.61. The molecule has 80 valence electrons. The normalized spacial score (nSPS) is 12.3. The van der Waals surface area contributed by atoms with E-state index < -0.39 is 10.4 Å². The minimum absolute atomic E-state index is 0.563. The number of nitrogens with zero attached hydrogens (tertiary/aromatic N) is 1. The van der Waals surface area contributed by atoms with Crippen LogP contribution in [0.3, 0.4) is 0 Å². The maximum atomic E-state index is 10.1. The monoisotopic (exact) mass is 229 g/mol. The third kappa shape index (κ3) is 12.2. The van der Waals surface area contributed by atoms with Crippen molar-refractivity contribution in [2.45, 2.75) is 12.8 Å². The van der Waals surface area contributed by atoms with E-state index in [0.717, 1.165) is 31.4 Å². The van der Waals surface area contributed by atoms with E-state index in [1.165, 1.54) is 0 Å². The van der Waals surface area contributed by atoms with E-state index in [1.807, 2.05) is 19.0 Å². The van der Waals surface area contributed by atoms with E-state index in [4.69, 9.17) is 4.55 Å². The van der Waals surface area contributed by atoms with E-state index in [-0.39, 0.29) is 0 Å². The third-order valence-electron chi connectivity index (χ3n) is 1.22. The van der Waals surface area contributed by atoms with Gasteiger partial charge in [0.1, 0.15) is 0 Å². The van der Waals surface area contributed by atoms with Crippen molar-refractivity contribution >= 4 is 22.4 Å². The largest absolute Gasteiger partial charge is 0.408 e. The highest BCUT2D eigenvalue weighted by Gasteiger charge is 2.03.